The summed E-state index contributed by atoms with van der Waals surface area (Å²) in [5.41, 5.74) is 0.386. The van der Waals surface area contributed by atoms with Crippen molar-refractivity contribution in [2.24, 2.45) is 0 Å². The summed E-state index contributed by atoms with van der Waals surface area (Å²) in [6, 6.07) is 9.14. The smallest absolute Gasteiger partial charge is 0.261 e. The Morgan fingerprint density at radius 2 is 2.26 bits per heavy atom. The average molecular weight is 392 g/mol. The first-order valence-electron chi connectivity index (χ1n) is 7.02. The maximum Gasteiger partial charge on any atom is 0.261 e. The van der Waals surface area contributed by atoms with Gasteiger partial charge in [-0.2, -0.15) is 0 Å². The van der Waals surface area contributed by atoms with Crippen LogP contribution in [0.25, 0.3) is 10.9 Å². The SMILES string of the molecule is C[C@@H](NC(=O)Cn1cnc2ccc(Br)cc2c1=O)c1cccs1. The number of benzene rings is 1. The summed E-state index contributed by atoms with van der Waals surface area (Å²) in [6.45, 7) is 1.87. The summed E-state index contributed by atoms with van der Waals surface area (Å²) in [4.78, 5) is 29.9. The van der Waals surface area contributed by atoms with Crippen LogP contribution in [0, 0.1) is 0 Å². The van der Waals surface area contributed by atoms with Crippen LogP contribution in [0.5, 0.6) is 0 Å². The topological polar surface area (TPSA) is 64.0 Å². The average Bonchev–Trinajstić information content (AvgIpc) is 3.05. The molecule has 0 aliphatic carbocycles. The first kappa shape index (κ1) is 15.9. The standard InChI is InChI=1S/C16H14BrN3O2S/c1-10(14-3-2-6-23-14)19-15(21)8-20-9-18-13-5-4-11(17)7-12(13)16(20)22/h2-7,9-10H,8H2,1H3,(H,19,21)/t10-/m1/s1. The highest BCUT2D eigenvalue weighted by Gasteiger charge is 2.12. The van der Waals surface area contributed by atoms with E-state index in [2.05, 4.69) is 26.2 Å². The molecule has 0 radical (unpaired) electrons. The fourth-order valence-electron chi connectivity index (χ4n) is 2.29. The van der Waals surface area contributed by atoms with Crippen molar-refractivity contribution < 1.29 is 4.79 Å². The lowest BCUT2D eigenvalue weighted by molar-refractivity contribution is -0.122. The lowest BCUT2D eigenvalue weighted by Crippen LogP contribution is -2.33. The van der Waals surface area contributed by atoms with Crippen LogP contribution in [0.2, 0.25) is 0 Å². The molecular weight excluding hydrogens is 378 g/mol. The van der Waals surface area contributed by atoms with Gasteiger partial charge in [-0.1, -0.05) is 22.0 Å². The second-order valence-corrected chi connectivity index (χ2v) is 7.04. The Morgan fingerprint density at radius 1 is 1.43 bits per heavy atom. The Kier molecular flexibility index (Phi) is 4.58. The lowest BCUT2D eigenvalue weighted by Gasteiger charge is -2.13. The molecule has 0 unspecified atom stereocenters. The summed E-state index contributed by atoms with van der Waals surface area (Å²) in [6.07, 6.45) is 1.41. The number of nitrogens with one attached hydrogen (secondary N) is 1. The Morgan fingerprint density at radius 3 is 3.00 bits per heavy atom. The molecule has 0 fully saturated rings. The van der Waals surface area contributed by atoms with Crippen LogP contribution in [0.3, 0.4) is 0 Å². The predicted molar refractivity (Wildman–Crippen MR) is 94.6 cm³/mol. The number of amides is 1. The summed E-state index contributed by atoms with van der Waals surface area (Å²) in [5, 5.41) is 5.35. The molecule has 1 atom stereocenters. The Balaban J connectivity index is 1.80. The number of carbonyl (C=O) groups excluding carboxylic acids is 1. The zero-order chi connectivity index (χ0) is 16.4. The van der Waals surface area contributed by atoms with E-state index in [1.54, 1.807) is 23.5 Å². The second-order valence-electron chi connectivity index (χ2n) is 5.14. The molecule has 0 spiro atoms. The van der Waals surface area contributed by atoms with Gasteiger partial charge in [0, 0.05) is 9.35 Å². The molecule has 23 heavy (non-hydrogen) atoms. The number of halogens is 1. The highest BCUT2D eigenvalue weighted by molar-refractivity contribution is 9.10. The van der Waals surface area contributed by atoms with E-state index in [1.807, 2.05) is 30.5 Å². The monoisotopic (exact) mass is 391 g/mol. The molecular formula is C16H14BrN3O2S. The first-order valence-corrected chi connectivity index (χ1v) is 8.69. The third-order valence-corrected chi connectivity index (χ3v) is 5.00. The third-order valence-electron chi connectivity index (χ3n) is 3.45. The van der Waals surface area contributed by atoms with Crippen LogP contribution in [0.15, 0.2) is 51.3 Å². The van der Waals surface area contributed by atoms with Gasteiger partial charge in [-0.25, -0.2) is 4.98 Å². The molecule has 7 heteroatoms. The Labute approximate surface area is 145 Å². The van der Waals surface area contributed by atoms with Gasteiger partial charge in [0.2, 0.25) is 5.91 Å². The van der Waals surface area contributed by atoms with Gasteiger partial charge >= 0.3 is 0 Å². The fraction of sp³-hybridized carbons (Fsp3) is 0.188. The molecule has 1 N–H and O–H groups in total. The molecule has 2 heterocycles. The van der Waals surface area contributed by atoms with Crippen LogP contribution in [0.4, 0.5) is 0 Å². The van der Waals surface area contributed by atoms with Crippen molar-refractivity contribution in [3.8, 4) is 0 Å². The molecule has 0 bridgehead atoms. The van der Waals surface area contributed by atoms with Crippen molar-refractivity contribution in [1.29, 1.82) is 0 Å². The molecule has 0 aliphatic heterocycles. The van der Waals surface area contributed by atoms with Crippen molar-refractivity contribution in [3.05, 3.63) is 61.7 Å². The maximum absolute atomic E-state index is 12.5. The minimum Gasteiger partial charge on any atom is -0.347 e. The van der Waals surface area contributed by atoms with Crippen molar-refractivity contribution >= 4 is 44.1 Å². The van der Waals surface area contributed by atoms with E-state index < -0.39 is 0 Å². The number of fused-ring (bicyclic) bond motifs is 1. The van der Waals surface area contributed by atoms with Crippen LogP contribution >= 0.6 is 27.3 Å². The molecule has 0 aliphatic rings. The number of hydrogen-bond acceptors (Lipinski definition) is 4. The highest BCUT2D eigenvalue weighted by Crippen LogP contribution is 2.18. The van der Waals surface area contributed by atoms with Gasteiger partial charge in [0.25, 0.3) is 5.56 Å². The van der Waals surface area contributed by atoms with Crippen LogP contribution in [0.1, 0.15) is 17.8 Å². The van der Waals surface area contributed by atoms with E-state index in [9.17, 15) is 9.59 Å². The largest absolute Gasteiger partial charge is 0.347 e. The van der Waals surface area contributed by atoms with E-state index >= 15 is 0 Å². The van der Waals surface area contributed by atoms with Crippen molar-refractivity contribution in [3.63, 3.8) is 0 Å². The fourth-order valence-corrected chi connectivity index (χ4v) is 3.39. The minimum atomic E-state index is -0.227. The zero-order valence-electron chi connectivity index (χ0n) is 12.3. The molecule has 3 aromatic rings. The highest BCUT2D eigenvalue weighted by atomic mass is 79.9. The molecule has 1 amide bonds. The van der Waals surface area contributed by atoms with Gasteiger partial charge in [-0.05, 0) is 36.6 Å². The number of rotatable bonds is 4. The van der Waals surface area contributed by atoms with Crippen molar-refractivity contribution in [2.75, 3.05) is 0 Å². The Bertz CT molecular complexity index is 905. The summed E-state index contributed by atoms with van der Waals surface area (Å²) >= 11 is 4.93. The zero-order valence-corrected chi connectivity index (χ0v) is 14.7. The van der Waals surface area contributed by atoms with Crippen LogP contribution < -0.4 is 10.9 Å². The number of carbonyl (C=O) groups is 1. The Hall–Kier alpha value is -1.99. The molecule has 2 aromatic heterocycles. The van der Waals surface area contributed by atoms with E-state index in [0.717, 1.165) is 9.35 Å². The maximum atomic E-state index is 12.5. The predicted octanol–water partition coefficient (Wildman–Crippen LogP) is 3.10. The van der Waals surface area contributed by atoms with Crippen LogP contribution in [-0.2, 0) is 11.3 Å². The van der Waals surface area contributed by atoms with E-state index in [-0.39, 0.29) is 24.1 Å². The number of nitrogens with zero attached hydrogens (tertiary/aromatic N) is 2. The van der Waals surface area contributed by atoms with Gasteiger partial charge in [0.1, 0.15) is 6.54 Å². The second kappa shape index (κ2) is 6.64. The molecule has 1 aromatic carbocycles. The lowest BCUT2D eigenvalue weighted by atomic mass is 10.2. The van der Waals surface area contributed by atoms with Crippen molar-refractivity contribution in [1.82, 2.24) is 14.9 Å². The van der Waals surface area contributed by atoms with Gasteiger partial charge in [0.15, 0.2) is 0 Å². The molecule has 0 saturated carbocycles. The normalized spacial score (nSPS) is 12.3. The van der Waals surface area contributed by atoms with E-state index in [0.29, 0.717) is 10.9 Å². The number of hydrogen-bond donors (Lipinski definition) is 1. The number of thiophene rings is 1. The van der Waals surface area contributed by atoms with Crippen LogP contribution in [-0.4, -0.2) is 15.5 Å². The number of aromatic nitrogens is 2. The minimum absolute atomic E-state index is 0.0516. The van der Waals surface area contributed by atoms with Crippen molar-refractivity contribution in [2.45, 2.75) is 19.5 Å². The summed E-state index contributed by atoms with van der Waals surface area (Å²) in [5.74, 6) is -0.218. The van der Waals surface area contributed by atoms with E-state index in [4.69, 9.17) is 0 Å². The summed E-state index contributed by atoms with van der Waals surface area (Å²) < 4.78 is 2.13. The van der Waals surface area contributed by atoms with Gasteiger partial charge in [-0.3, -0.25) is 14.2 Å². The molecule has 5 nitrogen and oxygen atoms in total. The molecule has 0 saturated heterocycles. The molecule has 3 rings (SSSR count). The quantitative estimate of drug-likeness (QED) is 0.742. The third kappa shape index (κ3) is 3.51. The van der Waals surface area contributed by atoms with E-state index in [1.165, 1.54) is 10.9 Å². The first-order chi connectivity index (χ1) is 11.0. The molecule has 118 valence electrons. The van der Waals surface area contributed by atoms with Gasteiger partial charge in [-0.15, -0.1) is 11.3 Å². The van der Waals surface area contributed by atoms with Gasteiger partial charge < -0.3 is 5.32 Å². The van der Waals surface area contributed by atoms with Gasteiger partial charge in [0.05, 0.1) is 23.3 Å². The summed E-state index contributed by atoms with van der Waals surface area (Å²) in [7, 11) is 0.